The predicted molar refractivity (Wildman–Crippen MR) is 112 cm³/mol. The molecule has 3 rings (SSSR count). The number of carbonyl (C=O) groups is 2. The molecule has 29 heavy (non-hydrogen) atoms. The standard InChI is InChI=1S/C21H31N3O4S/c1-3-5-11-22-21(26)19-15-16-14-17(9-10-18(16)24(19)20(25)4-2)29(27,28)23-12-7-6-8-13-23/h9-10,14,19H,3-8,11-13,15H2,1-2H3,(H,22,26). The molecular formula is C21H31N3O4S. The summed E-state index contributed by atoms with van der Waals surface area (Å²) in [5, 5.41) is 2.91. The number of rotatable bonds is 7. The highest BCUT2D eigenvalue weighted by atomic mass is 32.2. The number of nitrogens with zero attached hydrogens (tertiary/aromatic N) is 2. The van der Waals surface area contributed by atoms with Gasteiger partial charge in [0.2, 0.25) is 21.8 Å². The van der Waals surface area contributed by atoms with Crippen molar-refractivity contribution < 1.29 is 18.0 Å². The summed E-state index contributed by atoms with van der Waals surface area (Å²) in [4.78, 5) is 27.1. The molecule has 1 N–H and O–H groups in total. The topological polar surface area (TPSA) is 86.8 Å². The maximum atomic E-state index is 13.0. The van der Waals surface area contributed by atoms with Crippen molar-refractivity contribution in [2.45, 2.75) is 69.7 Å². The average molecular weight is 422 g/mol. The van der Waals surface area contributed by atoms with E-state index in [1.165, 1.54) is 9.21 Å². The minimum Gasteiger partial charge on any atom is -0.354 e. The van der Waals surface area contributed by atoms with Crippen molar-refractivity contribution >= 4 is 27.5 Å². The second-order valence-corrected chi connectivity index (χ2v) is 9.67. The van der Waals surface area contributed by atoms with Gasteiger partial charge >= 0.3 is 0 Å². The van der Waals surface area contributed by atoms with Crippen LogP contribution in [0.15, 0.2) is 23.1 Å². The number of anilines is 1. The number of unbranched alkanes of at least 4 members (excludes halogenated alkanes) is 1. The minimum atomic E-state index is -3.55. The second-order valence-electron chi connectivity index (χ2n) is 7.74. The Bertz CT molecular complexity index is 863. The Labute approximate surface area is 173 Å². The van der Waals surface area contributed by atoms with E-state index >= 15 is 0 Å². The van der Waals surface area contributed by atoms with Crippen molar-refractivity contribution in [3.05, 3.63) is 23.8 Å². The van der Waals surface area contributed by atoms with E-state index in [0.29, 0.717) is 31.7 Å². The number of fused-ring (bicyclic) bond motifs is 1. The van der Waals surface area contributed by atoms with Gasteiger partial charge in [0.05, 0.1) is 4.90 Å². The first-order valence-corrected chi connectivity index (χ1v) is 12.1. The van der Waals surface area contributed by atoms with Crippen molar-refractivity contribution in [1.82, 2.24) is 9.62 Å². The Balaban J connectivity index is 1.88. The van der Waals surface area contributed by atoms with Crippen LogP contribution in [0.4, 0.5) is 5.69 Å². The number of carbonyl (C=O) groups excluding carboxylic acids is 2. The third kappa shape index (κ3) is 4.48. The van der Waals surface area contributed by atoms with Gasteiger partial charge in [0, 0.05) is 38.2 Å². The molecule has 2 aliphatic heterocycles. The highest BCUT2D eigenvalue weighted by Gasteiger charge is 2.38. The van der Waals surface area contributed by atoms with Crippen LogP contribution in [0, 0.1) is 0 Å². The Morgan fingerprint density at radius 3 is 2.52 bits per heavy atom. The number of hydrogen-bond donors (Lipinski definition) is 1. The third-order valence-electron chi connectivity index (χ3n) is 5.69. The van der Waals surface area contributed by atoms with Gasteiger partial charge < -0.3 is 5.32 Å². The van der Waals surface area contributed by atoms with Gasteiger partial charge in [-0.15, -0.1) is 0 Å². The summed E-state index contributed by atoms with van der Waals surface area (Å²) in [6.07, 6.45) is 5.28. The zero-order valence-electron chi connectivity index (χ0n) is 17.3. The van der Waals surface area contributed by atoms with E-state index in [2.05, 4.69) is 12.2 Å². The van der Waals surface area contributed by atoms with Crippen molar-refractivity contribution in [3.8, 4) is 0 Å². The van der Waals surface area contributed by atoms with Gasteiger partial charge in [0.1, 0.15) is 6.04 Å². The van der Waals surface area contributed by atoms with Crippen LogP contribution in [0.5, 0.6) is 0 Å². The van der Waals surface area contributed by atoms with Gasteiger partial charge in [-0.25, -0.2) is 8.42 Å². The molecule has 160 valence electrons. The first-order valence-electron chi connectivity index (χ1n) is 10.6. The minimum absolute atomic E-state index is 0.133. The maximum absolute atomic E-state index is 13.0. The molecular weight excluding hydrogens is 390 g/mol. The average Bonchev–Trinajstić information content (AvgIpc) is 3.13. The van der Waals surface area contributed by atoms with Crippen LogP contribution in [0.25, 0.3) is 0 Å². The third-order valence-corrected chi connectivity index (χ3v) is 7.59. The van der Waals surface area contributed by atoms with Crippen molar-refractivity contribution in [3.63, 3.8) is 0 Å². The lowest BCUT2D eigenvalue weighted by molar-refractivity contribution is -0.126. The largest absolute Gasteiger partial charge is 0.354 e. The number of hydrogen-bond acceptors (Lipinski definition) is 4. The van der Waals surface area contributed by atoms with Crippen LogP contribution in [0.2, 0.25) is 0 Å². The Hall–Kier alpha value is -1.93. The molecule has 0 aromatic heterocycles. The summed E-state index contributed by atoms with van der Waals surface area (Å²) < 4.78 is 27.6. The summed E-state index contributed by atoms with van der Waals surface area (Å²) in [5.41, 5.74) is 1.38. The van der Waals surface area contributed by atoms with Crippen LogP contribution in [-0.4, -0.2) is 50.2 Å². The number of amides is 2. The highest BCUT2D eigenvalue weighted by molar-refractivity contribution is 7.89. The molecule has 2 heterocycles. The SMILES string of the molecule is CCCCNC(=O)C1Cc2cc(S(=O)(=O)N3CCCCC3)ccc2N1C(=O)CC. The highest BCUT2D eigenvalue weighted by Crippen LogP contribution is 2.35. The van der Waals surface area contributed by atoms with Crippen molar-refractivity contribution in [2.24, 2.45) is 0 Å². The molecule has 1 aromatic rings. The molecule has 0 spiro atoms. The molecule has 2 amide bonds. The lowest BCUT2D eigenvalue weighted by atomic mass is 10.1. The number of nitrogens with one attached hydrogen (secondary N) is 1. The molecule has 0 bridgehead atoms. The molecule has 1 aromatic carbocycles. The molecule has 2 aliphatic rings. The normalized spacial score (nSPS) is 19.8. The van der Waals surface area contributed by atoms with E-state index in [1.807, 2.05) is 0 Å². The number of sulfonamides is 1. The summed E-state index contributed by atoms with van der Waals surface area (Å²) in [5.74, 6) is -0.317. The van der Waals surface area contributed by atoms with E-state index in [-0.39, 0.29) is 23.1 Å². The fraction of sp³-hybridized carbons (Fsp3) is 0.619. The molecule has 1 unspecified atom stereocenters. The van der Waals surface area contributed by atoms with Gasteiger partial charge in [0.25, 0.3) is 0 Å². The fourth-order valence-electron chi connectivity index (χ4n) is 4.04. The van der Waals surface area contributed by atoms with Crippen LogP contribution >= 0.6 is 0 Å². The first kappa shape index (κ1) is 21.8. The Kier molecular flexibility index (Phi) is 6.95. The maximum Gasteiger partial charge on any atom is 0.243 e. The molecule has 1 fully saturated rings. The van der Waals surface area contributed by atoms with E-state index in [9.17, 15) is 18.0 Å². The van der Waals surface area contributed by atoms with Gasteiger partial charge in [0.15, 0.2) is 0 Å². The van der Waals surface area contributed by atoms with Crippen LogP contribution in [0.3, 0.4) is 0 Å². The van der Waals surface area contributed by atoms with Crippen LogP contribution in [0.1, 0.15) is 57.9 Å². The van der Waals surface area contributed by atoms with E-state index in [0.717, 1.165) is 37.7 Å². The second kappa shape index (κ2) is 9.26. The lowest BCUT2D eigenvalue weighted by Gasteiger charge is -2.26. The number of piperidine rings is 1. The molecule has 1 saturated heterocycles. The summed E-state index contributed by atoms with van der Waals surface area (Å²) in [6.45, 7) is 5.48. The molecule has 0 aliphatic carbocycles. The van der Waals surface area contributed by atoms with Crippen LogP contribution < -0.4 is 10.2 Å². The van der Waals surface area contributed by atoms with Gasteiger partial charge in [-0.05, 0) is 43.0 Å². The molecule has 8 heteroatoms. The molecule has 1 atom stereocenters. The summed E-state index contributed by atoms with van der Waals surface area (Å²) in [7, 11) is -3.55. The predicted octanol–water partition coefficient (Wildman–Crippen LogP) is 2.45. The summed E-state index contributed by atoms with van der Waals surface area (Å²) >= 11 is 0. The quantitative estimate of drug-likeness (QED) is 0.685. The van der Waals surface area contributed by atoms with Gasteiger partial charge in [-0.1, -0.05) is 26.7 Å². The zero-order chi connectivity index (χ0) is 21.0. The van der Waals surface area contributed by atoms with Crippen molar-refractivity contribution in [2.75, 3.05) is 24.5 Å². The van der Waals surface area contributed by atoms with Crippen LogP contribution in [-0.2, 0) is 26.0 Å². The van der Waals surface area contributed by atoms with Gasteiger partial charge in [-0.2, -0.15) is 4.31 Å². The molecule has 7 nitrogen and oxygen atoms in total. The Morgan fingerprint density at radius 2 is 1.86 bits per heavy atom. The molecule has 0 saturated carbocycles. The zero-order valence-corrected chi connectivity index (χ0v) is 18.1. The monoisotopic (exact) mass is 421 g/mol. The van der Waals surface area contributed by atoms with E-state index in [4.69, 9.17) is 0 Å². The summed E-state index contributed by atoms with van der Waals surface area (Å²) in [6, 6.07) is 4.27. The lowest BCUT2D eigenvalue weighted by Crippen LogP contribution is -2.48. The van der Waals surface area contributed by atoms with Gasteiger partial charge in [-0.3, -0.25) is 14.5 Å². The number of benzene rings is 1. The smallest absolute Gasteiger partial charge is 0.243 e. The fourth-order valence-corrected chi connectivity index (χ4v) is 5.61. The molecule has 0 radical (unpaired) electrons. The van der Waals surface area contributed by atoms with E-state index in [1.54, 1.807) is 25.1 Å². The van der Waals surface area contributed by atoms with E-state index < -0.39 is 16.1 Å². The van der Waals surface area contributed by atoms with Crippen molar-refractivity contribution in [1.29, 1.82) is 0 Å². The first-order chi connectivity index (χ1) is 13.9. The Morgan fingerprint density at radius 1 is 1.14 bits per heavy atom.